The molecule has 0 heterocycles. The van der Waals surface area contributed by atoms with E-state index in [1.54, 1.807) is 0 Å². The second kappa shape index (κ2) is 7.78. The maximum absolute atomic E-state index is 12.4. The summed E-state index contributed by atoms with van der Waals surface area (Å²) in [5.74, 6) is -0.298. The van der Waals surface area contributed by atoms with E-state index in [-0.39, 0.29) is 11.2 Å². The fraction of sp³-hybridized carbons (Fsp3) is 0.444. The van der Waals surface area contributed by atoms with Crippen LogP contribution in [0.3, 0.4) is 0 Å². The van der Waals surface area contributed by atoms with Crippen LogP contribution in [0.5, 0.6) is 5.75 Å². The minimum absolute atomic E-state index is 0.0790. The van der Waals surface area contributed by atoms with Crippen LogP contribution < -0.4 is 4.74 Å². The SMILES string of the molecule is CCCOc1ccc(C(C)(C)C)cc1C(=O)/C=C/C(=O)OC. The summed E-state index contributed by atoms with van der Waals surface area (Å²) in [6, 6.07) is 5.61. The Kier molecular flexibility index (Phi) is 6.35. The lowest BCUT2D eigenvalue weighted by Crippen LogP contribution is -2.13. The van der Waals surface area contributed by atoms with Gasteiger partial charge in [-0.1, -0.05) is 33.8 Å². The van der Waals surface area contributed by atoms with Gasteiger partial charge in [0.05, 0.1) is 19.3 Å². The van der Waals surface area contributed by atoms with Gasteiger partial charge in [0.25, 0.3) is 0 Å². The van der Waals surface area contributed by atoms with E-state index >= 15 is 0 Å². The molecular weight excluding hydrogens is 280 g/mol. The summed E-state index contributed by atoms with van der Waals surface area (Å²) in [4.78, 5) is 23.5. The number of rotatable bonds is 6. The number of esters is 1. The summed E-state index contributed by atoms with van der Waals surface area (Å²) in [5, 5.41) is 0. The lowest BCUT2D eigenvalue weighted by Gasteiger charge is -2.21. The molecule has 0 amide bonds. The maximum Gasteiger partial charge on any atom is 0.330 e. The summed E-state index contributed by atoms with van der Waals surface area (Å²) in [7, 11) is 1.27. The van der Waals surface area contributed by atoms with Crippen molar-refractivity contribution in [3.8, 4) is 5.75 Å². The number of methoxy groups -OCH3 is 1. The minimum Gasteiger partial charge on any atom is -0.493 e. The van der Waals surface area contributed by atoms with Gasteiger partial charge >= 0.3 is 5.97 Å². The molecule has 0 bridgehead atoms. The van der Waals surface area contributed by atoms with Crippen molar-refractivity contribution in [2.75, 3.05) is 13.7 Å². The molecule has 0 aliphatic rings. The maximum atomic E-state index is 12.4. The largest absolute Gasteiger partial charge is 0.493 e. The molecule has 0 aliphatic carbocycles. The lowest BCUT2D eigenvalue weighted by molar-refractivity contribution is -0.134. The van der Waals surface area contributed by atoms with Gasteiger partial charge in [0.2, 0.25) is 0 Å². The fourth-order valence-electron chi connectivity index (χ4n) is 1.83. The predicted molar refractivity (Wildman–Crippen MR) is 86.4 cm³/mol. The van der Waals surface area contributed by atoms with Gasteiger partial charge in [0, 0.05) is 6.08 Å². The number of hydrogen-bond acceptors (Lipinski definition) is 4. The highest BCUT2D eigenvalue weighted by Gasteiger charge is 2.18. The molecule has 0 radical (unpaired) electrons. The monoisotopic (exact) mass is 304 g/mol. The van der Waals surface area contributed by atoms with Crippen LogP contribution in [0.4, 0.5) is 0 Å². The zero-order chi connectivity index (χ0) is 16.8. The van der Waals surface area contributed by atoms with E-state index < -0.39 is 5.97 Å². The molecule has 0 atom stereocenters. The zero-order valence-corrected chi connectivity index (χ0v) is 13.9. The van der Waals surface area contributed by atoms with Crippen molar-refractivity contribution < 1.29 is 19.1 Å². The quantitative estimate of drug-likeness (QED) is 0.457. The molecule has 0 saturated carbocycles. The van der Waals surface area contributed by atoms with E-state index in [0.29, 0.717) is 17.9 Å². The molecule has 4 nitrogen and oxygen atoms in total. The van der Waals surface area contributed by atoms with Crippen LogP contribution in [0.2, 0.25) is 0 Å². The van der Waals surface area contributed by atoms with Crippen LogP contribution >= 0.6 is 0 Å². The predicted octanol–water partition coefficient (Wildman–Crippen LogP) is 3.68. The number of ether oxygens (including phenoxy) is 2. The van der Waals surface area contributed by atoms with E-state index in [4.69, 9.17) is 4.74 Å². The average Bonchev–Trinajstić information content (AvgIpc) is 2.48. The first-order valence-corrected chi connectivity index (χ1v) is 7.37. The number of allylic oxidation sites excluding steroid dienone is 1. The molecule has 0 aliphatic heterocycles. The third kappa shape index (κ3) is 5.02. The smallest absolute Gasteiger partial charge is 0.330 e. The van der Waals surface area contributed by atoms with Gasteiger partial charge in [-0.25, -0.2) is 4.79 Å². The molecule has 120 valence electrons. The Hall–Kier alpha value is -2.10. The molecular formula is C18H24O4. The van der Waals surface area contributed by atoms with Crippen molar-refractivity contribution in [2.24, 2.45) is 0 Å². The summed E-state index contributed by atoms with van der Waals surface area (Å²) in [5.41, 5.74) is 1.41. The van der Waals surface area contributed by atoms with Crippen LogP contribution in [0.25, 0.3) is 0 Å². The summed E-state index contributed by atoms with van der Waals surface area (Å²) < 4.78 is 10.1. The third-order valence-corrected chi connectivity index (χ3v) is 3.14. The molecule has 0 aromatic heterocycles. The fourth-order valence-corrected chi connectivity index (χ4v) is 1.83. The van der Waals surface area contributed by atoms with Gasteiger partial charge in [-0.2, -0.15) is 0 Å². The molecule has 1 aromatic rings. The summed E-state index contributed by atoms with van der Waals surface area (Å²) in [6.07, 6.45) is 3.19. The number of carbonyl (C=O) groups is 2. The molecule has 4 heteroatoms. The van der Waals surface area contributed by atoms with Gasteiger partial charge < -0.3 is 9.47 Å². The Balaban J connectivity index is 3.18. The van der Waals surface area contributed by atoms with Crippen LogP contribution in [0.1, 0.15) is 50.0 Å². The molecule has 1 rings (SSSR count). The van der Waals surface area contributed by atoms with Gasteiger partial charge in [0.15, 0.2) is 5.78 Å². The van der Waals surface area contributed by atoms with Crippen LogP contribution in [0.15, 0.2) is 30.4 Å². The van der Waals surface area contributed by atoms with E-state index in [0.717, 1.165) is 18.1 Å². The van der Waals surface area contributed by atoms with Crippen molar-refractivity contribution in [3.05, 3.63) is 41.5 Å². The molecule has 0 spiro atoms. The molecule has 0 saturated heterocycles. The first-order chi connectivity index (χ1) is 10.3. The molecule has 1 aromatic carbocycles. The first-order valence-electron chi connectivity index (χ1n) is 7.37. The van der Waals surface area contributed by atoms with E-state index in [1.807, 2.05) is 25.1 Å². The lowest BCUT2D eigenvalue weighted by atomic mass is 9.85. The highest BCUT2D eigenvalue weighted by atomic mass is 16.5. The second-order valence-electron chi connectivity index (χ2n) is 6.03. The van der Waals surface area contributed by atoms with Crippen molar-refractivity contribution in [3.63, 3.8) is 0 Å². The van der Waals surface area contributed by atoms with E-state index in [1.165, 1.54) is 13.2 Å². The summed E-state index contributed by atoms with van der Waals surface area (Å²) >= 11 is 0. The summed E-state index contributed by atoms with van der Waals surface area (Å²) in [6.45, 7) is 8.77. The third-order valence-electron chi connectivity index (χ3n) is 3.14. The van der Waals surface area contributed by atoms with Gasteiger partial charge in [0.1, 0.15) is 5.75 Å². The Bertz CT molecular complexity index is 565. The Morgan fingerprint density at radius 1 is 1.18 bits per heavy atom. The van der Waals surface area contributed by atoms with Crippen LogP contribution in [0, 0.1) is 0 Å². The van der Waals surface area contributed by atoms with E-state index in [2.05, 4.69) is 25.5 Å². The number of benzene rings is 1. The minimum atomic E-state index is -0.559. The number of carbonyl (C=O) groups excluding carboxylic acids is 2. The Morgan fingerprint density at radius 3 is 2.41 bits per heavy atom. The average molecular weight is 304 g/mol. The van der Waals surface area contributed by atoms with Crippen LogP contribution in [-0.4, -0.2) is 25.5 Å². The molecule has 22 heavy (non-hydrogen) atoms. The van der Waals surface area contributed by atoms with Gasteiger partial charge in [-0.3, -0.25) is 4.79 Å². The highest BCUT2D eigenvalue weighted by molar-refractivity contribution is 6.08. The Labute approximate surface area is 132 Å². The van der Waals surface area contributed by atoms with Gasteiger partial charge in [-0.15, -0.1) is 0 Å². The van der Waals surface area contributed by atoms with E-state index in [9.17, 15) is 9.59 Å². The zero-order valence-electron chi connectivity index (χ0n) is 13.9. The normalized spacial score (nSPS) is 11.5. The topological polar surface area (TPSA) is 52.6 Å². The van der Waals surface area contributed by atoms with Crippen molar-refractivity contribution in [2.45, 2.75) is 39.5 Å². The van der Waals surface area contributed by atoms with Crippen molar-refractivity contribution in [1.29, 1.82) is 0 Å². The molecule has 0 fully saturated rings. The first kappa shape index (κ1) is 18.0. The highest BCUT2D eigenvalue weighted by Crippen LogP contribution is 2.28. The number of hydrogen-bond donors (Lipinski definition) is 0. The Morgan fingerprint density at radius 2 is 1.86 bits per heavy atom. The second-order valence-corrected chi connectivity index (χ2v) is 6.03. The molecule has 0 N–H and O–H groups in total. The standard InChI is InChI=1S/C18H24O4/c1-6-11-22-16-9-7-13(18(2,3)4)12-14(16)15(19)8-10-17(20)21-5/h7-10,12H,6,11H2,1-5H3/b10-8+. The van der Waals surface area contributed by atoms with Gasteiger partial charge in [-0.05, 0) is 35.6 Å². The number of ketones is 1. The molecule has 0 unspecified atom stereocenters. The van der Waals surface area contributed by atoms with Crippen molar-refractivity contribution in [1.82, 2.24) is 0 Å². The van der Waals surface area contributed by atoms with Crippen molar-refractivity contribution >= 4 is 11.8 Å². The van der Waals surface area contributed by atoms with Crippen LogP contribution in [-0.2, 0) is 14.9 Å².